The zero-order valence-electron chi connectivity index (χ0n) is 13.0. The van der Waals surface area contributed by atoms with Crippen molar-refractivity contribution in [1.29, 1.82) is 0 Å². The van der Waals surface area contributed by atoms with E-state index in [1.165, 1.54) is 6.42 Å². The maximum Gasteiger partial charge on any atom is 0.224 e. The second-order valence-electron chi connectivity index (χ2n) is 6.15. The number of rotatable bonds is 7. The standard InChI is InChI=1S/C17H26N2O2/c1-3-13(2)21-15-7-4-6-14(10-15)19-16(20)11-17(12-18)8-5-9-17/h4,6-7,10,13H,3,5,8-9,11-12,18H2,1-2H3,(H,19,20). The average molecular weight is 290 g/mol. The van der Waals surface area contributed by atoms with Crippen molar-refractivity contribution in [3.8, 4) is 5.75 Å². The lowest BCUT2D eigenvalue weighted by Crippen LogP contribution is -2.40. The Morgan fingerprint density at radius 1 is 1.48 bits per heavy atom. The lowest BCUT2D eigenvalue weighted by Gasteiger charge is -2.40. The van der Waals surface area contributed by atoms with Gasteiger partial charge in [0.2, 0.25) is 5.91 Å². The van der Waals surface area contributed by atoms with Crippen molar-refractivity contribution in [3.63, 3.8) is 0 Å². The summed E-state index contributed by atoms with van der Waals surface area (Å²) in [4.78, 5) is 12.2. The molecule has 4 heteroatoms. The summed E-state index contributed by atoms with van der Waals surface area (Å²) in [5, 5.41) is 2.96. The van der Waals surface area contributed by atoms with Gasteiger partial charge < -0.3 is 15.8 Å². The third kappa shape index (κ3) is 4.21. The van der Waals surface area contributed by atoms with E-state index in [0.717, 1.165) is 30.7 Å². The van der Waals surface area contributed by atoms with Gasteiger partial charge in [-0.3, -0.25) is 4.79 Å². The molecule has 0 spiro atoms. The molecule has 1 aliphatic rings. The van der Waals surface area contributed by atoms with Crippen LogP contribution in [0.3, 0.4) is 0 Å². The van der Waals surface area contributed by atoms with Crippen molar-refractivity contribution in [2.24, 2.45) is 11.1 Å². The molecule has 1 fully saturated rings. The summed E-state index contributed by atoms with van der Waals surface area (Å²) in [6.45, 7) is 4.71. The molecule has 3 N–H and O–H groups in total. The van der Waals surface area contributed by atoms with Gasteiger partial charge in [-0.2, -0.15) is 0 Å². The van der Waals surface area contributed by atoms with E-state index >= 15 is 0 Å². The van der Waals surface area contributed by atoms with E-state index in [0.29, 0.717) is 13.0 Å². The largest absolute Gasteiger partial charge is 0.491 e. The number of benzene rings is 1. The second kappa shape index (κ2) is 6.94. The number of amides is 1. The van der Waals surface area contributed by atoms with Crippen molar-refractivity contribution in [2.45, 2.75) is 52.1 Å². The molecular formula is C17H26N2O2. The molecule has 1 aromatic carbocycles. The number of anilines is 1. The Bertz CT molecular complexity index is 478. The quantitative estimate of drug-likeness (QED) is 0.809. The first-order valence-corrected chi connectivity index (χ1v) is 7.83. The van der Waals surface area contributed by atoms with Crippen LogP contribution in [0.4, 0.5) is 5.69 Å². The predicted octanol–water partition coefficient (Wildman–Crippen LogP) is 3.32. The number of hydrogen-bond donors (Lipinski definition) is 2. The number of carbonyl (C=O) groups excluding carboxylic acids is 1. The molecule has 4 nitrogen and oxygen atoms in total. The maximum absolute atomic E-state index is 12.2. The van der Waals surface area contributed by atoms with E-state index in [-0.39, 0.29) is 17.4 Å². The Morgan fingerprint density at radius 3 is 2.81 bits per heavy atom. The normalized spacial score (nSPS) is 17.7. The Hall–Kier alpha value is -1.55. The molecule has 0 bridgehead atoms. The molecule has 0 saturated heterocycles. The van der Waals surface area contributed by atoms with Crippen molar-refractivity contribution in [1.82, 2.24) is 0 Å². The van der Waals surface area contributed by atoms with Crippen LogP contribution in [-0.4, -0.2) is 18.6 Å². The van der Waals surface area contributed by atoms with Crippen LogP contribution in [0, 0.1) is 5.41 Å². The van der Waals surface area contributed by atoms with Crippen LogP contribution in [0.1, 0.15) is 46.0 Å². The Morgan fingerprint density at radius 2 is 2.24 bits per heavy atom. The van der Waals surface area contributed by atoms with Gasteiger partial charge in [-0.15, -0.1) is 0 Å². The highest BCUT2D eigenvalue weighted by molar-refractivity contribution is 5.91. The van der Waals surface area contributed by atoms with Crippen molar-refractivity contribution in [3.05, 3.63) is 24.3 Å². The molecule has 1 unspecified atom stereocenters. The van der Waals surface area contributed by atoms with E-state index in [1.807, 2.05) is 31.2 Å². The number of nitrogens with two attached hydrogens (primary N) is 1. The summed E-state index contributed by atoms with van der Waals surface area (Å²) < 4.78 is 5.77. The number of carbonyl (C=O) groups is 1. The molecule has 21 heavy (non-hydrogen) atoms. The molecule has 1 atom stereocenters. The molecule has 0 heterocycles. The molecule has 116 valence electrons. The van der Waals surface area contributed by atoms with Crippen LogP contribution >= 0.6 is 0 Å². The average Bonchev–Trinajstić information content (AvgIpc) is 2.43. The zero-order chi connectivity index (χ0) is 15.3. The SMILES string of the molecule is CCC(C)Oc1cccc(NC(=O)CC2(CN)CCC2)c1. The topological polar surface area (TPSA) is 64.3 Å². The monoisotopic (exact) mass is 290 g/mol. The van der Waals surface area contributed by atoms with Gasteiger partial charge in [0.25, 0.3) is 0 Å². The van der Waals surface area contributed by atoms with Crippen molar-refractivity contribution < 1.29 is 9.53 Å². The second-order valence-corrected chi connectivity index (χ2v) is 6.15. The number of nitrogens with one attached hydrogen (secondary N) is 1. The Kier molecular flexibility index (Phi) is 5.23. The van der Waals surface area contributed by atoms with Gasteiger partial charge in [-0.25, -0.2) is 0 Å². The summed E-state index contributed by atoms with van der Waals surface area (Å²) in [5.74, 6) is 0.833. The van der Waals surface area contributed by atoms with Crippen molar-refractivity contribution in [2.75, 3.05) is 11.9 Å². The molecule has 0 aliphatic heterocycles. The molecule has 1 amide bonds. The van der Waals surface area contributed by atoms with Gasteiger partial charge in [0.1, 0.15) is 5.75 Å². The van der Waals surface area contributed by atoms with Gasteiger partial charge in [0.05, 0.1) is 6.10 Å². The van der Waals surface area contributed by atoms with Gasteiger partial charge >= 0.3 is 0 Å². The smallest absolute Gasteiger partial charge is 0.224 e. The summed E-state index contributed by atoms with van der Waals surface area (Å²) in [5.41, 5.74) is 6.63. The van der Waals surface area contributed by atoms with Gasteiger partial charge in [0.15, 0.2) is 0 Å². The number of hydrogen-bond acceptors (Lipinski definition) is 3. The Balaban J connectivity index is 1.93. The summed E-state index contributed by atoms with van der Waals surface area (Å²) in [6, 6.07) is 7.57. The van der Waals surface area contributed by atoms with Crippen LogP contribution in [0.5, 0.6) is 5.75 Å². The summed E-state index contributed by atoms with van der Waals surface area (Å²) in [6.07, 6.45) is 4.95. The lowest BCUT2D eigenvalue weighted by molar-refractivity contribution is -0.119. The molecular weight excluding hydrogens is 264 g/mol. The molecule has 1 saturated carbocycles. The van der Waals surface area contributed by atoms with Crippen LogP contribution < -0.4 is 15.8 Å². The third-order valence-electron chi connectivity index (χ3n) is 4.41. The van der Waals surface area contributed by atoms with Gasteiger partial charge in [-0.05, 0) is 50.3 Å². The van der Waals surface area contributed by atoms with E-state index in [2.05, 4.69) is 12.2 Å². The molecule has 2 rings (SSSR count). The summed E-state index contributed by atoms with van der Waals surface area (Å²) in [7, 11) is 0. The minimum absolute atomic E-state index is 0.0366. The van der Waals surface area contributed by atoms with E-state index in [1.54, 1.807) is 0 Å². The lowest BCUT2D eigenvalue weighted by atomic mass is 9.66. The van der Waals surface area contributed by atoms with Gasteiger partial charge in [-0.1, -0.05) is 19.4 Å². The first-order valence-electron chi connectivity index (χ1n) is 7.83. The zero-order valence-corrected chi connectivity index (χ0v) is 13.0. The Labute approximate surface area is 127 Å². The fraction of sp³-hybridized carbons (Fsp3) is 0.588. The van der Waals surface area contributed by atoms with E-state index in [9.17, 15) is 4.79 Å². The van der Waals surface area contributed by atoms with Crippen LogP contribution in [0.2, 0.25) is 0 Å². The third-order valence-corrected chi connectivity index (χ3v) is 4.41. The molecule has 1 aromatic rings. The van der Waals surface area contributed by atoms with E-state index < -0.39 is 0 Å². The molecule has 1 aliphatic carbocycles. The fourth-order valence-corrected chi connectivity index (χ4v) is 2.64. The maximum atomic E-state index is 12.2. The highest BCUT2D eigenvalue weighted by Crippen LogP contribution is 2.43. The van der Waals surface area contributed by atoms with Gasteiger partial charge in [0, 0.05) is 18.2 Å². The highest BCUT2D eigenvalue weighted by atomic mass is 16.5. The minimum Gasteiger partial charge on any atom is -0.491 e. The van der Waals surface area contributed by atoms with Crippen molar-refractivity contribution >= 4 is 11.6 Å². The molecule has 0 aromatic heterocycles. The first-order chi connectivity index (χ1) is 10.1. The minimum atomic E-state index is 0.0366. The highest BCUT2D eigenvalue weighted by Gasteiger charge is 2.37. The fourth-order valence-electron chi connectivity index (χ4n) is 2.64. The van der Waals surface area contributed by atoms with Crippen LogP contribution in [-0.2, 0) is 4.79 Å². The first kappa shape index (κ1) is 15.8. The van der Waals surface area contributed by atoms with Crippen LogP contribution in [0.25, 0.3) is 0 Å². The number of ether oxygens (including phenoxy) is 1. The molecule has 0 radical (unpaired) electrons. The van der Waals surface area contributed by atoms with Crippen LogP contribution in [0.15, 0.2) is 24.3 Å². The summed E-state index contributed by atoms with van der Waals surface area (Å²) >= 11 is 0. The predicted molar refractivity (Wildman–Crippen MR) is 85.4 cm³/mol. The van der Waals surface area contributed by atoms with E-state index in [4.69, 9.17) is 10.5 Å².